The summed E-state index contributed by atoms with van der Waals surface area (Å²) in [7, 11) is 1.80. The van der Waals surface area contributed by atoms with Gasteiger partial charge in [-0.05, 0) is 49.6 Å². The van der Waals surface area contributed by atoms with Crippen LogP contribution in [0.4, 0.5) is 27.4 Å². The first-order valence-corrected chi connectivity index (χ1v) is 12.8. The Morgan fingerprint density at radius 3 is 2.73 bits per heavy atom. The molecule has 0 bridgehead atoms. The summed E-state index contributed by atoms with van der Waals surface area (Å²) >= 11 is 0. The number of hydrogen-bond acceptors (Lipinski definition) is 7. The molecule has 2 saturated heterocycles. The maximum atomic E-state index is 15.7. The standard InChI is InChI=1S/C27H33FN6O3/c1-3-22(35)34-11-5-4-6-20(17-34)32(2)26-24(28)21-16-29-27(36)23(21)25(31-26)30-18-7-9-19(10-8-18)33-12-14-37-15-13-33/h3,7-10,20H,1,4-6,11-17H2,2H3,(H,29,36)(H,30,31). The van der Waals surface area contributed by atoms with Gasteiger partial charge in [0.1, 0.15) is 5.82 Å². The van der Waals surface area contributed by atoms with Crippen LogP contribution in [0.25, 0.3) is 0 Å². The lowest BCUT2D eigenvalue weighted by atomic mass is 10.1. The van der Waals surface area contributed by atoms with E-state index in [1.807, 2.05) is 24.3 Å². The van der Waals surface area contributed by atoms with Crippen LogP contribution in [0.5, 0.6) is 0 Å². The van der Waals surface area contributed by atoms with Gasteiger partial charge < -0.3 is 30.1 Å². The van der Waals surface area contributed by atoms with E-state index in [1.165, 1.54) is 6.08 Å². The zero-order chi connectivity index (χ0) is 25.9. The topological polar surface area (TPSA) is 90.0 Å². The summed E-state index contributed by atoms with van der Waals surface area (Å²) in [5.41, 5.74) is 2.39. The predicted octanol–water partition coefficient (Wildman–Crippen LogP) is 3.05. The maximum absolute atomic E-state index is 15.7. The molecular formula is C27H33FN6O3. The first kappa shape index (κ1) is 25.0. The molecule has 3 aliphatic rings. The summed E-state index contributed by atoms with van der Waals surface area (Å²) < 4.78 is 21.1. The largest absolute Gasteiger partial charge is 0.378 e. The van der Waals surface area contributed by atoms with Crippen molar-refractivity contribution < 1.29 is 18.7 Å². The van der Waals surface area contributed by atoms with Crippen molar-refractivity contribution >= 4 is 34.8 Å². The molecular weight excluding hydrogens is 475 g/mol. The van der Waals surface area contributed by atoms with Gasteiger partial charge in [-0.3, -0.25) is 9.59 Å². The molecule has 2 amide bonds. The number of amides is 2. The van der Waals surface area contributed by atoms with Crippen LogP contribution in [-0.2, 0) is 16.1 Å². The van der Waals surface area contributed by atoms with E-state index in [0.717, 1.165) is 43.7 Å². The summed E-state index contributed by atoms with van der Waals surface area (Å²) in [5.74, 6) is -0.490. The monoisotopic (exact) mass is 508 g/mol. The molecule has 0 radical (unpaired) electrons. The molecule has 2 fully saturated rings. The average molecular weight is 509 g/mol. The van der Waals surface area contributed by atoms with E-state index in [2.05, 4.69) is 27.1 Å². The fourth-order valence-electron chi connectivity index (χ4n) is 5.24. The van der Waals surface area contributed by atoms with E-state index in [4.69, 9.17) is 4.74 Å². The molecule has 3 aliphatic heterocycles. The van der Waals surface area contributed by atoms with Gasteiger partial charge in [0, 0.05) is 62.8 Å². The maximum Gasteiger partial charge on any atom is 0.255 e. The van der Waals surface area contributed by atoms with Crippen LogP contribution in [-0.4, -0.2) is 74.2 Å². The minimum absolute atomic E-state index is 0.111. The second kappa shape index (κ2) is 10.8. The number of aromatic nitrogens is 1. The second-order valence-electron chi connectivity index (χ2n) is 9.65. The summed E-state index contributed by atoms with van der Waals surface area (Å²) in [6.07, 6.45) is 3.93. The average Bonchev–Trinajstić information content (AvgIpc) is 3.16. The minimum atomic E-state index is -0.505. The molecule has 1 aromatic carbocycles. The van der Waals surface area contributed by atoms with E-state index < -0.39 is 5.82 Å². The predicted molar refractivity (Wildman–Crippen MR) is 141 cm³/mol. The van der Waals surface area contributed by atoms with E-state index in [-0.39, 0.29) is 35.8 Å². The first-order valence-electron chi connectivity index (χ1n) is 12.8. The van der Waals surface area contributed by atoms with Gasteiger partial charge in [-0.2, -0.15) is 0 Å². The smallest absolute Gasteiger partial charge is 0.255 e. The van der Waals surface area contributed by atoms with Gasteiger partial charge in [0.25, 0.3) is 5.91 Å². The molecule has 1 aromatic heterocycles. The van der Waals surface area contributed by atoms with Crippen LogP contribution in [0, 0.1) is 5.82 Å². The number of anilines is 4. The van der Waals surface area contributed by atoms with Crippen LogP contribution in [0.3, 0.4) is 0 Å². The molecule has 0 saturated carbocycles. The van der Waals surface area contributed by atoms with E-state index in [0.29, 0.717) is 37.7 Å². The SMILES string of the molecule is C=CC(=O)N1CCCCC(N(C)c2nc(Nc3ccc(N4CCOCC4)cc3)c3c(c2F)CNC3=O)C1. The van der Waals surface area contributed by atoms with Crippen LogP contribution in [0.2, 0.25) is 0 Å². The number of hydrogen-bond donors (Lipinski definition) is 2. The number of nitrogens with zero attached hydrogens (tertiary/aromatic N) is 4. The van der Waals surface area contributed by atoms with Crippen molar-refractivity contribution in [1.29, 1.82) is 0 Å². The number of carbonyl (C=O) groups excluding carboxylic acids is 2. The molecule has 4 heterocycles. The van der Waals surface area contributed by atoms with Crippen molar-refractivity contribution in [2.24, 2.45) is 0 Å². The van der Waals surface area contributed by atoms with Gasteiger partial charge in [0.2, 0.25) is 5.91 Å². The number of pyridine rings is 1. The van der Waals surface area contributed by atoms with Crippen molar-refractivity contribution in [3.63, 3.8) is 0 Å². The van der Waals surface area contributed by atoms with Crippen molar-refractivity contribution in [3.8, 4) is 0 Å². The molecule has 5 rings (SSSR count). The van der Waals surface area contributed by atoms with Crippen LogP contribution in [0.15, 0.2) is 36.9 Å². The highest BCUT2D eigenvalue weighted by atomic mass is 19.1. The molecule has 9 nitrogen and oxygen atoms in total. The van der Waals surface area contributed by atoms with E-state index >= 15 is 4.39 Å². The molecule has 2 N–H and O–H groups in total. The number of morpholine rings is 1. The molecule has 10 heteroatoms. The van der Waals surface area contributed by atoms with Crippen LogP contribution in [0.1, 0.15) is 35.2 Å². The Morgan fingerprint density at radius 2 is 2.00 bits per heavy atom. The second-order valence-corrected chi connectivity index (χ2v) is 9.65. The van der Waals surface area contributed by atoms with Crippen molar-refractivity contribution in [2.45, 2.75) is 31.8 Å². The fourth-order valence-corrected chi connectivity index (χ4v) is 5.24. The Labute approximate surface area is 216 Å². The number of ether oxygens (including phenoxy) is 1. The highest BCUT2D eigenvalue weighted by Crippen LogP contribution is 2.34. The quantitative estimate of drug-likeness (QED) is 0.580. The highest BCUT2D eigenvalue weighted by molar-refractivity contribution is 6.03. The van der Waals surface area contributed by atoms with Gasteiger partial charge in [0.15, 0.2) is 11.6 Å². The third-order valence-electron chi connectivity index (χ3n) is 7.39. The van der Waals surface area contributed by atoms with Gasteiger partial charge in [0.05, 0.1) is 18.8 Å². The Kier molecular flexibility index (Phi) is 7.27. The van der Waals surface area contributed by atoms with E-state index in [9.17, 15) is 9.59 Å². The fraction of sp³-hybridized carbons (Fsp3) is 0.444. The molecule has 37 heavy (non-hydrogen) atoms. The number of likely N-dealkylation sites (N-methyl/N-ethyl adjacent to an activating group) is 1. The number of rotatable bonds is 6. The lowest BCUT2D eigenvalue weighted by Crippen LogP contribution is -2.43. The Balaban J connectivity index is 1.43. The number of likely N-dealkylation sites (tertiary alicyclic amines) is 1. The Hall–Kier alpha value is -3.66. The Morgan fingerprint density at radius 1 is 1.24 bits per heavy atom. The Bertz CT molecular complexity index is 1180. The zero-order valence-electron chi connectivity index (χ0n) is 21.1. The number of benzene rings is 1. The number of fused-ring (bicyclic) bond motifs is 1. The van der Waals surface area contributed by atoms with Gasteiger partial charge in [-0.25, -0.2) is 9.37 Å². The highest BCUT2D eigenvalue weighted by Gasteiger charge is 2.33. The normalized spacial score (nSPS) is 19.6. The third-order valence-corrected chi connectivity index (χ3v) is 7.39. The lowest BCUT2D eigenvalue weighted by Gasteiger charge is -2.32. The molecule has 2 aromatic rings. The molecule has 1 atom stereocenters. The molecule has 0 aliphatic carbocycles. The van der Waals surface area contributed by atoms with Gasteiger partial charge in [-0.1, -0.05) is 6.58 Å². The third kappa shape index (κ3) is 5.11. The van der Waals surface area contributed by atoms with E-state index in [1.54, 1.807) is 16.8 Å². The number of halogens is 1. The van der Waals surface area contributed by atoms with Gasteiger partial charge >= 0.3 is 0 Å². The summed E-state index contributed by atoms with van der Waals surface area (Å²) in [6, 6.07) is 7.78. The summed E-state index contributed by atoms with van der Waals surface area (Å²) in [4.78, 5) is 35.4. The van der Waals surface area contributed by atoms with Crippen LogP contribution < -0.4 is 20.4 Å². The van der Waals surface area contributed by atoms with Gasteiger partial charge in [-0.15, -0.1) is 0 Å². The summed E-state index contributed by atoms with van der Waals surface area (Å²) in [6.45, 7) is 7.92. The van der Waals surface area contributed by atoms with Crippen molar-refractivity contribution in [3.05, 3.63) is 53.9 Å². The van der Waals surface area contributed by atoms with Crippen molar-refractivity contribution in [2.75, 3.05) is 61.6 Å². The first-order chi connectivity index (χ1) is 18.0. The molecule has 0 spiro atoms. The van der Waals surface area contributed by atoms with Crippen LogP contribution >= 0.6 is 0 Å². The van der Waals surface area contributed by atoms with Crippen molar-refractivity contribution in [1.82, 2.24) is 15.2 Å². The number of carbonyl (C=O) groups is 2. The summed E-state index contributed by atoms with van der Waals surface area (Å²) in [5, 5.41) is 5.98. The molecule has 1 unspecified atom stereocenters. The lowest BCUT2D eigenvalue weighted by molar-refractivity contribution is -0.126. The zero-order valence-corrected chi connectivity index (χ0v) is 21.1. The minimum Gasteiger partial charge on any atom is -0.378 e. The number of nitrogens with one attached hydrogen (secondary N) is 2. The molecule has 196 valence electrons.